The fourth-order valence-electron chi connectivity index (χ4n) is 4.63. The number of hydrogen-bond donors (Lipinski definition) is 1. The van der Waals surface area contributed by atoms with Crippen molar-refractivity contribution in [2.24, 2.45) is 5.92 Å². The summed E-state index contributed by atoms with van der Waals surface area (Å²) in [5.74, 6) is 1.25. The van der Waals surface area contributed by atoms with E-state index in [0.29, 0.717) is 17.5 Å². The first kappa shape index (κ1) is 22.1. The van der Waals surface area contributed by atoms with Crippen molar-refractivity contribution in [2.45, 2.75) is 45.3 Å². The fraction of sp³-hybridized carbons (Fsp3) is 0.696. The van der Waals surface area contributed by atoms with Crippen LogP contribution in [0.2, 0.25) is 0 Å². The number of aliphatic hydroxyl groups excluding tert-OH is 1. The molecule has 2 aliphatic heterocycles. The van der Waals surface area contributed by atoms with Gasteiger partial charge in [0, 0.05) is 57.5 Å². The standard InChI is InChI=1S/C23H37N3O3/c1-18(2)29-21-8-4-6-19(16-21)23(28)26-10-9-22(20(17-26)7-5-15-27)25-13-11-24(3)12-14-25/h4,6,8,16,18,20,22,27H,5,7,9-15,17H2,1-3H3/t20-,22+/m1/s1. The van der Waals surface area contributed by atoms with E-state index in [0.717, 1.165) is 64.3 Å². The maximum Gasteiger partial charge on any atom is 0.253 e. The molecule has 1 N–H and O–H groups in total. The van der Waals surface area contributed by atoms with Gasteiger partial charge in [0.2, 0.25) is 0 Å². The summed E-state index contributed by atoms with van der Waals surface area (Å²) in [6.07, 6.45) is 2.86. The van der Waals surface area contributed by atoms with Crippen molar-refractivity contribution in [1.82, 2.24) is 14.7 Å². The highest BCUT2D eigenvalue weighted by atomic mass is 16.5. The van der Waals surface area contributed by atoms with Crippen LogP contribution < -0.4 is 4.74 Å². The van der Waals surface area contributed by atoms with Gasteiger partial charge < -0.3 is 19.6 Å². The molecule has 2 atom stereocenters. The molecule has 0 saturated carbocycles. The van der Waals surface area contributed by atoms with Crippen LogP contribution >= 0.6 is 0 Å². The Bertz CT molecular complexity index is 659. The molecule has 3 rings (SSSR count). The molecule has 0 spiro atoms. The lowest BCUT2D eigenvalue weighted by Gasteiger charge is -2.46. The lowest BCUT2D eigenvalue weighted by molar-refractivity contribution is 0.0217. The second-order valence-corrected chi connectivity index (χ2v) is 8.77. The highest BCUT2D eigenvalue weighted by Crippen LogP contribution is 2.28. The molecule has 2 aliphatic rings. The summed E-state index contributed by atoms with van der Waals surface area (Å²) in [6.45, 7) is 10.2. The van der Waals surface area contributed by atoms with Crippen LogP contribution in [0.3, 0.4) is 0 Å². The Balaban J connectivity index is 1.67. The summed E-state index contributed by atoms with van der Waals surface area (Å²) in [6, 6.07) is 8.04. The van der Waals surface area contributed by atoms with E-state index in [1.807, 2.05) is 43.0 Å². The molecule has 1 aromatic carbocycles. The first-order valence-electron chi connectivity index (χ1n) is 11.1. The number of nitrogens with zero attached hydrogens (tertiary/aromatic N) is 3. The highest BCUT2D eigenvalue weighted by molar-refractivity contribution is 5.94. The molecule has 0 unspecified atom stereocenters. The number of aliphatic hydroxyl groups is 1. The molecule has 1 aromatic rings. The minimum absolute atomic E-state index is 0.0857. The largest absolute Gasteiger partial charge is 0.491 e. The van der Waals surface area contributed by atoms with Crippen LogP contribution in [0, 0.1) is 5.92 Å². The molecule has 29 heavy (non-hydrogen) atoms. The molecule has 6 nitrogen and oxygen atoms in total. The van der Waals surface area contributed by atoms with Crippen molar-refractivity contribution >= 4 is 5.91 Å². The van der Waals surface area contributed by atoms with Crippen LogP contribution in [0.4, 0.5) is 0 Å². The number of rotatable bonds is 7. The number of benzene rings is 1. The predicted molar refractivity (Wildman–Crippen MR) is 115 cm³/mol. The number of carbonyl (C=O) groups is 1. The topological polar surface area (TPSA) is 56.2 Å². The van der Waals surface area contributed by atoms with E-state index in [-0.39, 0.29) is 18.6 Å². The van der Waals surface area contributed by atoms with E-state index >= 15 is 0 Å². The van der Waals surface area contributed by atoms with Gasteiger partial charge in [0.25, 0.3) is 5.91 Å². The molecule has 0 bridgehead atoms. The number of carbonyl (C=O) groups excluding carboxylic acids is 1. The van der Waals surface area contributed by atoms with Gasteiger partial charge in [-0.05, 0) is 64.3 Å². The molecular formula is C23H37N3O3. The molecule has 6 heteroatoms. The summed E-state index contributed by atoms with van der Waals surface area (Å²) >= 11 is 0. The van der Waals surface area contributed by atoms with E-state index in [1.54, 1.807) is 0 Å². The molecule has 0 radical (unpaired) electrons. The molecule has 1 amide bonds. The third-order valence-electron chi connectivity index (χ3n) is 6.17. The second-order valence-electron chi connectivity index (χ2n) is 8.77. The Kier molecular flexibility index (Phi) is 7.92. The van der Waals surface area contributed by atoms with Gasteiger partial charge in [0.15, 0.2) is 0 Å². The van der Waals surface area contributed by atoms with Crippen LogP contribution in [-0.4, -0.2) is 90.8 Å². The zero-order valence-electron chi connectivity index (χ0n) is 18.2. The van der Waals surface area contributed by atoms with E-state index in [4.69, 9.17) is 4.74 Å². The first-order chi connectivity index (χ1) is 14.0. The average molecular weight is 404 g/mol. The van der Waals surface area contributed by atoms with E-state index < -0.39 is 0 Å². The molecule has 2 saturated heterocycles. The van der Waals surface area contributed by atoms with Crippen molar-refractivity contribution in [1.29, 1.82) is 0 Å². The van der Waals surface area contributed by atoms with E-state index in [2.05, 4.69) is 16.8 Å². The maximum absolute atomic E-state index is 13.2. The highest BCUT2D eigenvalue weighted by Gasteiger charge is 2.35. The number of ether oxygens (including phenoxy) is 1. The summed E-state index contributed by atoms with van der Waals surface area (Å²) < 4.78 is 5.76. The molecule has 2 heterocycles. The number of amides is 1. The normalized spacial score (nSPS) is 24.1. The summed E-state index contributed by atoms with van der Waals surface area (Å²) in [7, 11) is 2.18. The Morgan fingerprint density at radius 2 is 1.97 bits per heavy atom. The van der Waals surface area contributed by atoms with Crippen LogP contribution in [-0.2, 0) is 0 Å². The molecular weight excluding hydrogens is 366 g/mol. The number of piperidine rings is 1. The minimum atomic E-state index is 0.0857. The van der Waals surface area contributed by atoms with Crippen LogP contribution in [0.15, 0.2) is 24.3 Å². The minimum Gasteiger partial charge on any atom is -0.491 e. The summed E-state index contributed by atoms with van der Waals surface area (Å²) in [4.78, 5) is 20.2. The molecule has 0 aromatic heterocycles. The SMILES string of the molecule is CC(C)Oc1cccc(C(=O)N2CC[C@H](N3CCN(C)CC3)[C@H](CCCO)C2)c1. The van der Waals surface area contributed by atoms with Gasteiger partial charge in [-0.25, -0.2) is 0 Å². The van der Waals surface area contributed by atoms with Gasteiger partial charge in [-0.2, -0.15) is 0 Å². The third kappa shape index (κ3) is 5.93. The van der Waals surface area contributed by atoms with Crippen LogP contribution in [0.5, 0.6) is 5.75 Å². The summed E-state index contributed by atoms with van der Waals surface area (Å²) in [5.41, 5.74) is 0.696. The van der Waals surface area contributed by atoms with E-state index in [9.17, 15) is 9.90 Å². The summed E-state index contributed by atoms with van der Waals surface area (Å²) in [5, 5.41) is 9.37. The van der Waals surface area contributed by atoms with Gasteiger partial charge in [0.1, 0.15) is 5.75 Å². The van der Waals surface area contributed by atoms with E-state index in [1.165, 1.54) is 0 Å². The molecule has 0 aliphatic carbocycles. The number of likely N-dealkylation sites (N-methyl/N-ethyl adjacent to an activating group) is 1. The first-order valence-corrected chi connectivity index (χ1v) is 11.1. The number of likely N-dealkylation sites (tertiary alicyclic amines) is 1. The average Bonchev–Trinajstić information content (AvgIpc) is 2.72. The smallest absolute Gasteiger partial charge is 0.253 e. The van der Waals surface area contributed by atoms with Gasteiger partial charge in [0.05, 0.1) is 6.10 Å². The van der Waals surface area contributed by atoms with Crippen LogP contribution in [0.1, 0.15) is 43.5 Å². The Morgan fingerprint density at radius 3 is 2.66 bits per heavy atom. The van der Waals surface area contributed by atoms with Crippen molar-refractivity contribution in [3.63, 3.8) is 0 Å². The van der Waals surface area contributed by atoms with Gasteiger partial charge in [-0.1, -0.05) is 6.07 Å². The molecule has 2 fully saturated rings. The Hall–Kier alpha value is -1.63. The molecule has 162 valence electrons. The fourth-order valence-corrected chi connectivity index (χ4v) is 4.63. The maximum atomic E-state index is 13.2. The van der Waals surface area contributed by atoms with Gasteiger partial charge in [-0.15, -0.1) is 0 Å². The lowest BCUT2D eigenvalue weighted by Crippen LogP contribution is -2.56. The third-order valence-corrected chi connectivity index (χ3v) is 6.17. The van der Waals surface area contributed by atoms with Crippen LogP contribution in [0.25, 0.3) is 0 Å². The quantitative estimate of drug-likeness (QED) is 0.757. The number of piperazine rings is 1. The predicted octanol–water partition coefficient (Wildman–Crippen LogP) is 2.32. The Morgan fingerprint density at radius 1 is 1.21 bits per heavy atom. The zero-order valence-corrected chi connectivity index (χ0v) is 18.2. The Labute approximate surface area is 175 Å². The zero-order chi connectivity index (χ0) is 20.8. The number of hydrogen-bond acceptors (Lipinski definition) is 5. The van der Waals surface area contributed by atoms with Crippen molar-refractivity contribution < 1.29 is 14.6 Å². The van der Waals surface area contributed by atoms with Gasteiger partial charge >= 0.3 is 0 Å². The van der Waals surface area contributed by atoms with Crippen molar-refractivity contribution in [2.75, 3.05) is 52.9 Å². The van der Waals surface area contributed by atoms with Gasteiger partial charge in [-0.3, -0.25) is 9.69 Å². The van der Waals surface area contributed by atoms with Crippen molar-refractivity contribution in [3.05, 3.63) is 29.8 Å². The monoisotopic (exact) mass is 403 g/mol. The second kappa shape index (κ2) is 10.4. The van der Waals surface area contributed by atoms with Crippen molar-refractivity contribution in [3.8, 4) is 5.75 Å². The lowest BCUT2D eigenvalue weighted by atomic mass is 9.86.